The van der Waals surface area contributed by atoms with E-state index in [4.69, 9.17) is 19.5 Å². The van der Waals surface area contributed by atoms with E-state index in [2.05, 4.69) is 6.58 Å². The predicted octanol–water partition coefficient (Wildman–Crippen LogP) is -0.0633. The number of esters is 2. The third-order valence-electron chi connectivity index (χ3n) is 3.65. The molecule has 94 valence electrons. The van der Waals surface area contributed by atoms with Crippen molar-refractivity contribution in [1.82, 2.24) is 0 Å². The molecule has 2 bridgehead atoms. The third-order valence-corrected chi connectivity index (χ3v) is 3.65. The largest absolute Gasteiger partial charge is 0.455 e. The van der Waals surface area contributed by atoms with Gasteiger partial charge in [-0.15, -0.1) is 0 Å². The SMILES string of the molecule is C=C(C)C(=O)OC1C2OC3C1OC(=O)C3C2C#N. The van der Waals surface area contributed by atoms with Crippen molar-refractivity contribution in [1.29, 1.82) is 5.26 Å². The maximum atomic E-state index is 11.6. The summed E-state index contributed by atoms with van der Waals surface area (Å²) >= 11 is 0. The lowest BCUT2D eigenvalue weighted by molar-refractivity contribution is -0.157. The molecule has 6 atom stereocenters. The van der Waals surface area contributed by atoms with Gasteiger partial charge in [-0.1, -0.05) is 6.58 Å². The molecule has 3 aliphatic rings. The molecule has 0 N–H and O–H groups in total. The maximum absolute atomic E-state index is 11.6. The Hall–Kier alpha value is -1.87. The van der Waals surface area contributed by atoms with E-state index in [1.165, 1.54) is 6.92 Å². The van der Waals surface area contributed by atoms with E-state index in [-0.39, 0.29) is 5.57 Å². The van der Waals surface area contributed by atoms with Crippen LogP contribution < -0.4 is 0 Å². The van der Waals surface area contributed by atoms with E-state index < -0.39 is 48.2 Å². The molecule has 0 aromatic rings. The van der Waals surface area contributed by atoms with Crippen molar-refractivity contribution in [3.8, 4) is 6.07 Å². The summed E-state index contributed by atoms with van der Waals surface area (Å²) in [6, 6.07) is 2.05. The first-order valence-corrected chi connectivity index (χ1v) is 5.66. The Morgan fingerprint density at radius 3 is 2.78 bits per heavy atom. The van der Waals surface area contributed by atoms with E-state index in [1.54, 1.807) is 0 Å². The van der Waals surface area contributed by atoms with Crippen molar-refractivity contribution in [2.75, 3.05) is 0 Å². The average Bonchev–Trinajstić information content (AvgIpc) is 2.91. The summed E-state index contributed by atoms with van der Waals surface area (Å²) in [5, 5.41) is 9.09. The van der Waals surface area contributed by atoms with Crippen molar-refractivity contribution in [3.63, 3.8) is 0 Å². The zero-order valence-electron chi connectivity index (χ0n) is 9.66. The number of hydrogen-bond donors (Lipinski definition) is 0. The molecular weight excluding hydrogens is 238 g/mol. The Morgan fingerprint density at radius 2 is 2.17 bits per heavy atom. The molecule has 0 aromatic carbocycles. The Bertz CT molecular complexity index is 493. The Kier molecular flexibility index (Phi) is 2.22. The molecule has 0 aliphatic carbocycles. The van der Waals surface area contributed by atoms with Gasteiger partial charge in [-0.25, -0.2) is 4.79 Å². The van der Waals surface area contributed by atoms with Crippen molar-refractivity contribution < 1.29 is 23.8 Å². The molecule has 0 amide bonds. The van der Waals surface area contributed by atoms with E-state index in [0.29, 0.717) is 0 Å². The summed E-state index contributed by atoms with van der Waals surface area (Å²) < 4.78 is 15.9. The van der Waals surface area contributed by atoms with Gasteiger partial charge in [0.2, 0.25) is 0 Å². The minimum absolute atomic E-state index is 0.257. The van der Waals surface area contributed by atoms with E-state index in [0.717, 1.165) is 0 Å². The fourth-order valence-electron chi connectivity index (χ4n) is 2.84. The molecule has 3 fully saturated rings. The first kappa shape index (κ1) is 11.2. The van der Waals surface area contributed by atoms with Crippen LogP contribution in [0.25, 0.3) is 0 Å². The summed E-state index contributed by atoms with van der Waals surface area (Å²) in [4.78, 5) is 23.1. The summed E-state index contributed by atoms with van der Waals surface area (Å²) in [5.41, 5.74) is 0.257. The van der Waals surface area contributed by atoms with Crippen molar-refractivity contribution >= 4 is 11.9 Å². The number of rotatable bonds is 2. The van der Waals surface area contributed by atoms with Gasteiger partial charge in [0.25, 0.3) is 0 Å². The summed E-state index contributed by atoms with van der Waals surface area (Å²) in [6.07, 6.45) is -2.33. The maximum Gasteiger partial charge on any atom is 0.333 e. The smallest absolute Gasteiger partial charge is 0.333 e. The van der Waals surface area contributed by atoms with Gasteiger partial charge in [0.15, 0.2) is 12.2 Å². The standard InChI is InChI=1S/C12H11NO5/c1-4(2)11(14)17-9-7-5(3-13)6-8(16-7)10(9)18-12(6)15/h5-10H,1H2,2H3. The van der Waals surface area contributed by atoms with Gasteiger partial charge < -0.3 is 14.2 Å². The summed E-state index contributed by atoms with van der Waals surface area (Å²) in [7, 11) is 0. The fraction of sp³-hybridized carbons (Fsp3) is 0.583. The van der Waals surface area contributed by atoms with Gasteiger partial charge in [0.1, 0.15) is 18.1 Å². The number of fused-ring (bicyclic) bond motifs is 1. The summed E-state index contributed by atoms with van der Waals surface area (Å²) in [5.74, 6) is -2.14. The molecule has 0 aromatic heterocycles. The van der Waals surface area contributed by atoms with Crippen LogP contribution in [0, 0.1) is 23.2 Å². The number of nitrogens with zero attached hydrogens (tertiary/aromatic N) is 1. The predicted molar refractivity (Wildman–Crippen MR) is 55.8 cm³/mol. The molecule has 18 heavy (non-hydrogen) atoms. The van der Waals surface area contributed by atoms with Gasteiger partial charge in [-0.05, 0) is 6.92 Å². The second-order valence-corrected chi connectivity index (χ2v) is 4.80. The Labute approximate surface area is 103 Å². The summed E-state index contributed by atoms with van der Waals surface area (Å²) in [6.45, 7) is 5.02. The normalized spacial score (nSPS) is 43.4. The molecular formula is C12H11NO5. The lowest BCUT2D eigenvalue weighted by atomic mass is 9.79. The highest BCUT2D eigenvalue weighted by atomic mass is 16.7. The fourth-order valence-corrected chi connectivity index (χ4v) is 2.84. The highest BCUT2D eigenvalue weighted by Crippen LogP contribution is 2.50. The topological polar surface area (TPSA) is 85.6 Å². The number of carbonyl (C=O) groups is 2. The van der Waals surface area contributed by atoms with Crippen LogP contribution in [0.15, 0.2) is 12.2 Å². The third kappa shape index (κ3) is 1.25. The Balaban J connectivity index is 1.87. The van der Waals surface area contributed by atoms with Gasteiger partial charge in [-0.3, -0.25) is 4.79 Å². The second-order valence-electron chi connectivity index (χ2n) is 4.80. The molecule has 3 aliphatic heterocycles. The molecule has 3 saturated heterocycles. The van der Waals surface area contributed by atoms with Gasteiger partial charge in [0, 0.05) is 5.57 Å². The lowest BCUT2D eigenvalue weighted by Gasteiger charge is -2.24. The zero-order chi connectivity index (χ0) is 13.0. The number of ether oxygens (including phenoxy) is 3. The van der Waals surface area contributed by atoms with Crippen LogP contribution in [0.1, 0.15) is 6.92 Å². The van der Waals surface area contributed by atoms with Crippen LogP contribution in [-0.4, -0.2) is 36.4 Å². The van der Waals surface area contributed by atoms with Gasteiger partial charge in [0.05, 0.1) is 12.0 Å². The molecule has 6 unspecified atom stereocenters. The second kappa shape index (κ2) is 3.56. The number of nitriles is 1. The molecule has 3 heterocycles. The average molecular weight is 249 g/mol. The van der Waals surface area contributed by atoms with Gasteiger partial charge >= 0.3 is 11.9 Å². The van der Waals surface area contributed by atoms with Crippen molar-refractivity contribution in [3.05, 3.63) is 12.2 Å². The van der Waals surface area contributed by atoms with E-state index in [9.17, 15) is 9.59 Å². The van der Waals surface area contributed by atoms with Crippen LogP contribution in [-0.2, 0) is 23.8 Å². The molecule has 6 nitrogen and oxygen atoms in total. The lowest BCUT2D eigenvalue weighted by Crippen LogP contribution is -2.44. The first-order valence-electron chi connectivity index (χ1n) is 5.66. The molecule has 0 radical (unpaired) electrons. The number of hydrogen-bond acceptors (Lipinski definition) is 6. The molecule has 6 heteroatoms. The highest BCUT2D eigenvalue weighted by molar-refractivity contribution is 5.87. The van der Waals surface area contributed by atoms with Crippen molar-refractivity contribution in [2.24, 2.45) is 11.8 Å². The molecule has 0 saturated carbocycles. The number of carbonyl (C=O) groups excluding carboxylic acids is 2. The zero-order valence-corrected chi connectivity index (χ0v) is 9.66. The van der Waals surface area contributed by atoms with Crippen LogP contribution in [0.2, 0.25) is 0 Å². The Morgan fingerprint density at radius 1 is 1.44 bits per heavy atom. The van der Waals surface area contributed by atoms with Gasteiger partial charge in [-0.2, -0.15) is 5.26 Å². The highest BCUT2D eigenvalue weighted by Gasteiger charge is 2.70. The van der Waals surface area contributed by atoms with E-state index >= 15 is 0 Å². The van der Waals surface area contributed by atoms with Crippen molar-refractivity contribution in [2.45, 2.75) is 31.3 Å². The minimum atomic E-state index is -0.702. The van der Waals surface area contributed by atoms with Crippen LogP contribution >= 0.6 is 0 Å². The van der Waals surface area contributed by atoms with Crippen LogP contribution in [0.5, 0.6) is 0 Å². The molecule has 3 rings (SSSR count). The monoisotopic (exact) mass is 249 g/mol. The minimum Gasteiger partial charge on any atom is -0.455 e. The molecule has 0 spiro atoms. The van der Waals surface area contributed by atoms with Crippen LogP contribution in [0.4, 0.5) is 0 Å². The first-order chi connectivity index (χ1) is 8.54. The van der Waals surface area contributed by atoms with E-state index in [1.807, 2.05) is 6.07 Å². The quantitative estimate of drug-likeness (QED) is 0.503. The van der Waals surface area contributed by atoms with Crippen LogP contribution in [0.3, 0.4) is 0 Å².